The quantitative estimate of drug-likeness (QED) is 0.776. The van der Waals surface area contributed by atoms with Gasteiger partial charge in [0.25, 0.3) is 0 Å². The number of fused-ring (bicyclic) bond motifs is 2. The standard InChI is InChI=1S/C16H31N3/c1-18-14-7-8-15(18)12-19(10-9-14)11-13-5-3-2-4-6-16(13)17/h13-16H,2-12,17H2,1H3. The number of nitrogens with zero attached hydrogens (tertiary/aromatic N) is 2. The maximum atomic E-state index is 6.40. The van der Waals surface area contributed by atoms with Gasteiger partial charge in [-0.2, -0.15) is 0 Å². The highest BCUT2D eigenvalue weighted by Crippen LogP contribution is 2.30. The normalized spacial score (nSPS) is 42.0. The van der Waals surface area contributed by atoms with Crippen molar-refractivity contribution >= 4 is 0 Å². The molecule has 4 unspecified atom stereocenters. The lowest BCUT2D eigenvalue weighted by atomic mass is 9.94. The molecule has 2 heterocycles. The van der Waals surface area contributed by atoms with E-state index in [4.69, 9.17) is 5.73 Å². The van der Waals surface area contributed by atoms with Crippen LogP contribution < -0.4 is 5.73 Å². The van der Waals surface area contributed by atoms with Gasteiger partial charge in [0.15, 0.2) is 0 Å². The summed E-state index contributed by atoms with van der Waals surface area (Å²) >= 11 is 0. The largest absolute Gasteiger partial charge is 0.327 e. The first-order chi connectivity index (χ1) is 9.24. The highest BCUT2D eigenvalue weighted by atomic mass is 15.3. The summed E-state index contributed by atoms with van der Waals surface area (Å²) in [6.07, 6.45) is 11.0. The van der Waals surface area contributed by atoms with E-state index in [1.165, 1.54) is 71.0 Å². The van der Waals surface area contributed by atoms with Crippen LogP contribution in [0, 0.1) is 5.92 Å². The van der Waals surface area contributed by atoms with E-state index in [-0.39, 0.29) is 0 Å². The van der Waals surface area contributed by atoms with Crippen LogP contribution in [0.15, 0.2) is 0 Å². The van der Waals surface area contributed by atoms with E-state index in [0.29, 0.717) is 6.04 Å². The monoisotopic (exact) mass is 265 g/mol. The van der Waals surface area contributed by atoms with Crippen molar-refractivity contribution in [2.75, 3.05) is 26.7 Å². The van der Waals surface area contributed by atoms with Gasteiger partial charge < -0.3 is 10.6 Å². The molecule has 0 aromatic carbocycles. The van der Waals surface area contributed by atoms with Gasteiger partial charge in [0.2, 0.25) is 0 Å². The summed E-state index contributed by atoms with van der Waals surface area (Å²) in [7, 11) is 2.34. The van der Waals surface area contributed by atoms with Crippen LogP contribution in [0.1, 0.15) is 51.4 Å². The van der Waals surface area contributed by atoms with Crippen molar-refractivity contribution in [1.82, 2.24) is 9.80 Å². The van der Waals surface area contributed by atoms with Crippen LogP contribution in [-0.4, -0.2) is 54.6 Å². The van der Waals surface area contributed by atoms with Gasteiger partial charge in [-0.15, -0.1) is 0 Å². The zero-order valence-electron chi connectivity index (χ0n) is 12.6. The SMILES string of the molecule is CN1C2CCC1CN(CC1CCCCCC1N)CC2. The van der Waals surface area contributed by atoms with Crippen molar-refractivity contribution in [3.63, 3.8) is 0 Å². The molecule has 4 atom stereocenters. The number of likely N-dealkylation sites (N-methyl/N-ethyl adjacent to an activating group) is 1. The fraction of sp³-hybridized carbons (Fsp3) is 1.00. The summed E-state index contributed by atoms with van der Waals surface area (Å²) in [5.41, 5.74) is 6.40. The third-order valence-electron chi connectivity index (χ3n) is 5.94. The Kier molecular flexibility index (Phi) is 4.45. The molecule has 3 fully saturated rings. The molecule has 1 aliphatic carbocycles. The van der Waals surface area contributed by atoms with Crippen LogP contribution in [0.3, 0.4) is 0 Å². The molecule has 2 saturated heterocycles. The van der Waals surface area contributed by atoms with Crippen molar-refractivity contribution in [2.45, 2.75) is 69.5 Å². The minimum Gasteiger partial charge on any atom is -0.327 e. The Balaban J connectivity index is 1.57. The van der Waals surface area contributed by atoms with Crippen molar-refractivity contribution in [3.8, 4) is 0 Å². The predicted molar refractivity (Wildman–Crippen MR) is 80.2 cm³/mol. The molecular weight excluding hydrogens is 234 g/mol. The van der Waals surface area contributed by atoms with E-state index in [1.54, 1.807) is 0 Å². The molecule has 0 radical (unpaired) electrons. The zero-order valence-corrected chi connectivity index (χ0v) is 12.6. The maximum absolute atomic E-state index is 6.40. The second kappa shape index (κ2) is 6.11. The highest BCUT2D eigenvalue weighted by molar-refractivity contribution is 4.92. The van der Waals surface area contributed by atoms with Crippen LogP contribution >= 0.6 is 0 Å². The van der Waals surface area contributed by atoms with Crippen LogP contribution in [0.4, 0.5) is 0 Å². The van der Waals surface area contributed by atoms with Gasteiger partial charge in [0.1, 0.15) is 0 Å². The maximum Gasteiger partial charge on any atom is 0.0223 e. The van der Waals surface area contributed by atoms with Gasteiger partial charge in [-0.25, -0.2) is 0 Å². The molecule has 2 aliphatic heterocycles. The molecule has 3 aliphatic rings. The summed E-state index contributed by atoms with van der Waals surface area (Å²) < 4.78 is 0. The van der Waals surface area contributed by atoms with Gasteiger partial charge in [0, 0.05) is 31.2 Å². The predicted octanol–water partition coefficient (Wildman–Crippen LogP) is 2.06. The van der Waals surface area contributed by atoms with Gasteiger partial charge >= 0.3 is 0 Å². The lowest BCUT2D eigenvalue weighted by molar-refractivity contribution is 0.183. The molecule has 2 N–H and O–H groups in total. The molecule has 0 aromatic rings. The van der Waals surface area contributed by atoms with Crippen LogP contribution in [-0.2, 0) is 0 Å². The Labute approximate surface area is 118 Å². The van der Waals surface area contributed by atoms with Crippen LogP contribution in [0.5, 0.6) is 0 Å². The topological polar surface area (TPSA) is 32.5 Å². The summed E-state index contributed by atoms with van der Waals surface area (Å²) in [6, 6.07) is 2.13. The van der Waals surface area contributed by atoms with E-state index in [9.17, 15) is 0 Å². The number of hydrogen-bond acceptors (Lipinski definition) is 3. The molecule has 0 amide bonds. The average molecular weight is 265 g/mol. The first kappa shape index (κ1) is 13.8. The molecule has 0 spiro atoms. The van der Waals surface area contributed by atoms with Crippen LogP contribution in [0.25, 0.3) is 0 Å². The minimum atomic E-state index is 0.459. The summed E-state index contributed by atoms with van der Waals surface area (Å²) in [5, 5.41) is 0. The molecule has 0 aromatic heterocycles. The summed E-state index contributed by atoms with van der Waals surface area (Å²) in [6.45, 7) is 3.85. The van der Waals surface area contributed by atoms with E-state index in [0.717, 1.165) is 18.0 Å². The van der Waals surface area contributed by atoms with E-state index >= 15 is 0 Å². The first-order valence-corrected chi connectivity index (χ1v) is 8.44. The highest BCUT2D eigenvalue weighted by Gasteiger charge is 2.35. The average Bonchev–Trinajstić information content (AvgIpc) is 2.52. The molecule has 3 rings (SSSR count). The van der Waals surface area contributed by atoms with Gasteiger partial charge in [-0.05, 0) is 51.6 Å². The molecule has 2 bridgehead atoms. The van der Waals surface area contributed by atoms with Crippen molar-refractivity contribution in [1.29, 1.82) is 0 Å². The first-order valence-electron chi connectivity index (χ1n) is 8.44. The van der Waals surface area contributed by atoms with Crippen molar-refractivity contribution in [3.05, 3.63) is 0 Å². The Hall–Kier alpha value is -0.120. The van der Waals surface area contributed by atoms with E-state index in [1.807, 2.05) is 0 Å². The van der Waals surface area contributed by atoms with E-state index in [2.05, 4.69) is 16.8 Å². The lowest BCUT2D eigenvalue weighted by Crippen LogP contribution is -2.42. The Bertz CT molecular complexity index is 294. The molecule has 3 nitrogen and oxygen atoms in total. The van der Waals surface area contributed by atoms with Gasteiger partial charge in [-0.3, -0.25) is 4.90 Å². The second-order valence-corrected chi connectivity index (χ2v) is 7.16. The Morgan fingerprint density at radius 1 is 0.947 bits per heavy atom. The third kappa shape index (κ3) is 3.14. The summed E-state index contributed by atoms with van der Waals surface area (Å²) in [5.74, 6) is 0.754. The molecule has 110 valence electrons. The number of rotatable bonds is 2. The zero-order chi connectivity index (χ0) is 13.2. The Morgan fingerprint density at radius 2 is 1.74 bits per heavy atom. The molecule has 1 saturated carbocycles. The van der Waals surface area contributed by atoms with E-state index < -0.39 is 0 Å². The number of nitrogens with two attached hydrogens (primary N) is 1. The molecule has 19 heavy (non-hydrogen) atoms. The molecule has 3 heteroatoms. The third-order valence-corrected chi connectivity index (χ3v) is 5.94. The van der Waals surface area contributed by atoms with Gasteiger partial charge in [-0.1, -0.05) is 19.3 Å². The van der Waals surface area contributed by atoms with Gasteiger partial charge in [0.05, 0.1) is 0 Å². The summed E-state index contributed by atoms with van der Waals surface area (Å²) in [4.78, 5) is 5.38. The smallest absolute Gasteiger partial charge is 0.0223 e. The van der Waals surface area contributed by atoms with Crippen molar-refractivity contribution in [2.24, 2.45) is 11.7 Å². The Morgan fingerprint density at radius 3 is 2.63 bits per heavy atom. The minimum absolute atomic E-state index is 0.459. The fourth-order valence-corrected chi connectivity index (χ4v) is 4.52. The van der Waals surface area contributed by atoms with Crippen molar-refractivity contribution < 1.29 is 0 Å². The number of hydrogen-bond donors (Lipinski definition) is 1. The second-order valence-electron chi connectivity index (χ2n) is 7.16. The molecular formula is C16H31N3. The number of likely N-dealkylation sites (tertiary alicyclic amines) is 1. The lowest BCUT2D eigenvalue weighted by Gasteiger charge is -2.31. The fourth-order valence-electron chi connectivity index (χ4n) is 4.52. The van der Waals surface area contributed by atoms with Crippen LogP contribution in [0.2, 0.25) is 0 Å².